The molecule has 19 heavy (non-hydrogen) atoms. The van der Waals surface area contributed by atoms with Crippen LogP contribution in [0.3, 0.4) is 0 Å². The lowest BCUT2D eigenvalue weighted by molar-refractivity contribution is 0.0959. The van der Waals surface area contributed by atoms with E-state index in [9.17, 15) is 9.90 Å². The molecule has 0 atom stereocenters. The maximum atomic E-state index is 11.6. The molecule has 2 rings (SSSR count). The first-order valence-corrected chi connectivity index (χ1v) is 6.76. The Balaban J connectivity index is 2.09. The van der Waals surface area contributed by atoms with Gasteiger partial charge in [-0.15, -0.1) is 11.3 Å². The van der Waals surface area contributed by atoms with Crippen LogP contribution < -0.4 is 5.43 Å². The number of halogens is 2. The Kier molecular flexibility index (Phi) is 4.42. The van der Waals surface area contributed by atoms with Crippen molar-refractivity contribution < 1.29 is 9.90 Å². The topological polar surface area (TPSA) is 61.7 Å². The Morgan fingerprint density at radius 3 is 2.89 bits per heavy atom. The van der Waals surface area contributed by atoms with Gasteiger partial charge in [0.25, 0.3) is 5.91 Å². The van der Waals surface area contributed by atoms with Crippen LogP contribution in [0.4, 0.5) is 0 Å². The van der Waals surface area contributed by atoms with Crippen molar-refractivity contribution >= 4 is 46.7 Å². The van der Waals surface area contributed by atoms with Gasteiger partial charge in [0.2, 0.25) is 0 Å². The van der Waals surface area contributed by atoms with Gasteiger partial charge in [-0.3, -0.25) is 4.79 Å². The molecule has 0 aliphatic rings. The number of benzene rings is 1. The maximum Gasteiger partial charge on any atom is 0.281 e. The van der Waals surface area contributed by atoms with E-state index in [1.807, 2.05) is 0 Å². The predicted octanol–water partition coefficient (Wildman–Crippen LogP) is 3.52. The highest BCUT2D eigenvalue weighted by Crippen LogP contribution is 2.29. The summed E-state index contributed by atoms with van der Waals surface area (Å²) < 4.78 is 0. The molecule has 1 amide bonds. The minimum absolute atomic E-state index is 0.124. The average Bonchev–Trinajstić information content (AvgIpc) is 2.88. The molecule has 0 radical (unpaired) electrons. The number of nitrogens with zero attached hydrogens (tertiary/aromatic N) is 1. The van der Waals surface area contributed by atoms with Crippen LogP contribution in [0.2, 0.25) is 10.0 Å². The minimum Gasteiger partial charge on any atom is -0.506 e. The number of amides is 1. The molecule has 4 nitrogen and oxygen atoms in total. The van der Waals surface area contributed by atoms with Gasteiger partial charge < -0.3 is 5.11 Å². The van der Waals surface area contributed by atoms with Crippen molar-refractivity contribution in [1.29, 1.82) is 0 Å². The van der Waals surface area contributed by atoms with E-state index in [-0.39, 0.29) is 16.7 Å². The van der Waals surface area contributed by atoms with Gasteiger partial charge in [0.05, 0.1) is 16.1 Å². The largest absolute Gasteiger partial charge is 0.506 e. The molecule has 0 spiro atoms. The fourth-order valence-corrected chi connectivity index (χ4v) is 2.43. The van der Waals surface area contributed by atoms with Gasteiger partial charge in [0.15, 0.2) is 0 Å². The van der Waals surface area contributed by atoms with Crippen LogP contribution >= 0.6 is 34.5 Å². The number of aromatic hydroxyl groups is 1. The number of rotatable bonds is 3. The second-order valence-electron chi connectivity index (χ2n) is 3.50. The minimum atomic E-state index is -0.320. The highest BCUT2D eigenvalue weighted by molar-refractivity contribution is 7.12. The van der Waals surface area contributed by atoms with Crippen LogP contribution in [0, 0.1) is 0 Å². The normalized spacial score (nSPS) is 10.8. The van der Waals surface area contributed by atoms with Crippen LogP contribution in [0.5, 0.6) is 5.75 Å². The van der Waals surface area contributed by atoms with Gasteiger partial charge in [-0.1, -0.05) is 29.3 Å². The van der Waals surface area contributed by atoms with E-state index in [1.54, 1.807) is 17.5 Å². The average molecular weight is 315 g/mol. The van der Waals surface area contributed by atoms with Crippen molar-refractivity contribution in [2.75, 3.05) is 0 Å². The summed E-state index contributed by atoms with van der Waals surface area (Å²) in [6.07, 6.45) is 1.28. The van der Waals surface area contributed by atoms with Gasteiger partial charge in [-0.2, -0.15) is 5.10 Å². The summed E-state index contributed by atoms with van der Waals surface area (Å²) in [6.45, 7) is 0. The number of phenolic OH excluding ortho intramolecular Hbond substituents is 1. The van der Waals surface area contributed by atoms with Crippen molar-refractivity contribution in [2.24, 2.45) is 5.10 Å². The monoisotopic (exact) mass is 314 g/mol. The molecule has 2 aromatic rings. The number of thiophene rings is 1. The fourth-order valence-electron chi connectivity index (χ4n) is 1.31. The Morgan fingerprint density at radius 2 is 2.21 bits per heavy atom. The molecular formula is C12H8Cl2N2O2S. The molecule has 7 heteroatoms. The van der Waals surface area contributed by atoms with Crippen molar-refractivity contribution in [2.45, 2.75) is 0 Å². The van der Waals surface area contributed by atoms with Crippen molar-refractivity contribution in [3.8, 4) is 5.75 Å². The zero-order valence-electron chi connectivity index (χ0n) is 9.43. The third kappa shape index (κ3) is 3.47. The third-order valence-corrected chi connectivity index (χ3v) is 3.55. The summed E-state index contributed by atoms with van der Waals surface area (Å²) in [5, 5.41) is 15.7. The van der Waals surface area contributed by atoms with E-state index in [1.165, 1.54) is 29.7 Å². The Morgan fingerprint density at radius 1 is 1.42 bits per heavy atom. The van der Waals surface area contributed by atoms with Gasteiger partial charge in [-0.25, -0.2) is 5.43 Å². The lowest BCUT2D eigenvalue weighted by Crippen LogP contribution is -2.16. The van der Waals surface area contributed by atoms with Crippen molar-refractivity contribution in [1.82, 2.24) is 5.43 Å². The highest BCUT2D eigenvalue weighted by atomic mass is 35.5. The summed E-state index contributed by atoms with van der Waals surface area (Å²) in [5.74, 6) is -0.459. The van der Waals surface area contributed by atoms with Crippen molar-refractivity contribution in [3.63, 3.8) is 0 Å². The molecule has 1 aromatic heterocycles. The number of hydrogen-bond acceptors (Lipinski definition) is 4. The van der Waals surface area contributed by atoms with E-state index in [0.717, 1.165) is 0 Å². The van der Waals surface area contributed by atoms with Crippen LogP contribution in [0.1, 0.15) is 15.2 Å². The zero-order chi connectivity index (χ0) is 13.8. The second-order valence-corrected chi connectivity index (χ2v) is 5.29. The van der Waals surface area contributed by atoms with E-state index in [4.69, 9.17) is 23.2 Å². The van der Waals surface area contributed by atoms with E-state index >= 15 is 0 Å². The zero-order valence-corrected chi connectivity index (χ0v) is 11.8. The summed E-state index contributed by atoms with van der Waals surface area (Å²) in [6, 6.07) is 6.36. The highest BCUT2D eigenvalue weighted by Gasteiger charge is 2.07. The Hall–Kier alpha value is -1.56. The molecule has 98 valence electrons. The number of hydrogen-bond donors (Lipinski definition) is 2. The summed E-state index contributed by atoms with van der Waals surface area (Å²) in [5.41, 5.74) is 2.67. The molecule has 0 fully saturated rings. The van der Waals surface area contributed by atoms with Crippen LogP contribution in [0.25, 0.3) is 0 Å². The number of carbonyl (C=O) groups excluding carboxylic acids is 1. The number of nitrogens with one attached hydrogen (secondary N) is 1. The molecular weight excluding hydrogens is 307 g/mol. The standard InChI is InChI=1S/C12H8Cl2N2O2S/c13-8-4-7(11(17)9(14)5-8)6-15-16-12(18)10-2-1-3-19-10/h1-6,17H,(H,16,18). The van der Waals surface area contributed by atoms with E-state index in [0.29, 0.717) is 15.5 Å². The van der Waals surface area contributed by atoms with Gasteiger partial charge >= 0.3 is 0 Å². The molecule has 0 saturated carbocycles. The summed E-state index contributed by atoms with van der Waals surface area (Å²) >= 11 is 12.9. The van der Waals surface area contributed by atoms with Crippen LogP contribution in [0.15, 0.2) is 34.7 Å². The number of carbonyl (C=O) groups is 1. The van der Waals surface area contributed by atoms with E-state index in [2.05, 4.69) is 10.5 Å². The van der Waals surface area contributed by atoms with Gasteiger partial charge in [-0.05, 0) is 23.6 Å². The van der Waals surface area contributed by atoms with Crippen molar-refractivity contribution in [3.05, 3.63) is 50.1 Å². The van der Waals surface area contributed by atoms with Gasteiger partial charge in [0, 0.05) is 10.6 Å². The smallest absolute Gasteiger partial charge is 0.281 e. The second kappa shape index (κ2) is 6.06. The lowest BCUT2D eigenvalue weighted by atomic mass is 10.2. The molecule has 0 saturated heterocycles. The molecule has 0 bridgehead atoms. The maximum absolute atomic E-state index is 11.6. The number of phenols is 1. The first-order chi connectivity index (χ1) is 9.08. The lowest BCUT2D eigenvalue weighted by Gasteiger charge is -2.02. The third-order valence-electron chi connectivity index (χ3n) is 2.17. The summed E-state index contributed by atoms with van der Waals surface area (Å²) in [7, 11) is 0. The molecule has 1 aromatic carbocycles. The van der Waals surface area contributed by atoms with Crippen LogP contribution in [-0.4, -0.2) is 17.2 Å². The first kappa shape index (κ1) is 13.9. The fraction of sp³-hybridized carbons (Fsp3) is 0. The predicted molar refractivity (Wildman–Crippen MR) is 77.5 cm³/mol. The van der Waals surface area contributed by atoms with E-state index < -0.39 is 0 Å². The summed E-state index contributed by atoms with van der Waals surface area (Å²) in [4.78, 5) is 12.1. The molecule has 1 heterocycles. The SMILES string of the molecule is O=C(NN=Cc1cc(Cl)cc(Cl)c1O)c1cccs1. The molecule has 0 aliphatic carbocycles. The Labute approximate surface area is 123 Å². The van der Waals surface area contributed by atoms with Crippen LogP contribution in [-0.2, 0) is 0 Å². The quantitative estimate of drug-likeness (QED) is 0.672. The molecule has 0 aliphatic heterocycles. The number of hydrazone groups is 1. The molecule has 0 unspecified atom stereocenters. The first-order valence-electron chi connectivity index (χ1n) is 5.13. The Bertz CT molecular complexity index is 627. The molecule has 2 N–H and O–H groups in total. The van der Waals surface area contributed by atoms with Gasteiger partial charge in [0.1, 0.15) is 5.75 Å².